The normalized spacial score (nSPS) is 27.6. The van der Waals surface area contributed by atoms with Crippen LogP contribution >= 0.6 is 11.6 Å². The number of carbonyl (C=O) groups excluding carboxylic acids is 1. The zero-order chi connectivity index (χ0) is 21.3. The smallest absolute Gasteiger partial charge is 0.367 e. The van der Waals surface area contributed by atoms with Crippen molar-refractivity contribution in [3.8, 4) is 0 Å². The van der Waals surface area contributed by atoms with Crippen molar-refractivity contribution in [1.29, 1.82) is 0 Å². The minimum Gasteiger partial charge on any atom is -0.367 e. The zero-order valence-electron chi connectivity index (χ0n) is 16.6. The summed E-state index contributed by atoms with van der Waals surface area (Å²) in [6.45, 7) is 3.62. The van der Waals surface area contributed by atoms with Crippen LogP contribution in [-0.4, -0.2) is 37.0 Å². The molecule has 0 aromatic heterocycles. The fourth-order valence-corrected chi connectivity index (χ4v) is 5.22. The summed E-state index contributed by atoms with van der Waals surface area (Å²) in [7, 11) is 0. The molecule has 0 unspecified atom stereocenters. The molecule has 30 heavy (non-hydrogen) atoms. The maximum absolute atomic E-state index is 13.4. The fraction of sp³-hybridized carbons (Fsp3) is 0.435. The number of fused-ring (bicyclic) bond motifs is 1. The highest BCUT2D eigenvalue weighted by Gasteiger charge is 2.87. The van der Waals surface area contributed by atoms with Crippen LogP contribution in [0, 0.1) is 12.3 Å². The summed E-state index contributed by atoms with van der Waals surface area (Å²) in [4.78, 5) is 16.7. The van der Waals surface area contributed by atoms with E-state index in [4.69, 9.17) is 11.6 Å². The summed E-state index contributed by atoms with van der Waals surface area (Å²) >= 11 is 5.96. The van der Waals surface area contributed by atoms with E-state index in [-0.39, 0.29) is 27.4 Å². The lowest BCUT2D eigenvalue weighted by Crippen LogP contribution is -2.50. The lowest BCUT2D eigenvalue weighted by molar-refractivity contribution is -0.138. The Morgan fingerprint density at radius 3 is 2.23 bits per heavy atom. The quantitative estimate of drug-likeness (QED) is 0.675. The monoisotopic (exact) mass is 434 g/mol. The molecule has 0 atom stereocenters. The number of nitrogens with zero attached hydrogens (tertiary/aromatic N) is 2. The van der Waals surface area contributed by atoms with E-state index in [2.05, 4.69) is 24.3 Å². The Labute approximate surface area is 178 Å². The number of anilines is 1. The molecule has 1 heterocycles. The lowest BCUT2D eigenvalue weighted by atomic mass is 10.0. The molecule has 3 fully saturated rings. The van der Waals surface area contributed by atoms with Crippen LogP contribution in [0.15, 0.2) is 42.5 Å². The molecule has 7 heteroatoms. The van der Waals surface area contributed by atoms with Crippen LogP contribution < -0.4 is 4.90 Å². The van der Waals surface area contributed by atoms with E-state index in [0.717, 1.165) is 18.9 Å². The lowest BCUT2D eigenvalue weighted by Gasteiger charge is -2.37. The second-order valence-electron chi connectivity index (χ2n) is 8.82. The van der Waals surface area contributed by atoms with Gasteiger partial charge in [-0.3, -0.25) is 4.79 Å². The number of hydrogen-bond acceptors (Lipinski definition) is 2. The first kappa shape index (κ1) is 19.7. The molecule has 3 nitrogen and oxygen atoms in total. The molecule has 2 saturated carbocycles. The topological polar surface area (TPSA) is 23.6 Å². The van der Waals surface area contributed by atoms with Gasteiger partial charge in [0.15, 0.2) is 0 Å². The highest BCUT2D eigenvalue weighted by Crippen LogP contribution is 2.86. The number of halogens is 4. The molecule has 5 rings (SSSR count). The number of amides is 1. The molecule has 3 aliphatic rings. The van der Waals surface area contributed by atoms with Gasteiger partial charge in [-0.05, 0) is 43.5 Å². The standard InChI is InChI=1S/C23H22ClF3N2O/c1-15-2-4-16(5-3-15)21-13-22(21,14-21)20(30)29-10-8-28(9-11-29)19-12-17(24)6-7-18(19)23(25,26)27/h2-7,12H,8-11,13-14H2,1H3. The molecule has 158 valence electrons. The molecular weight excluding hydrogens is 413 g/mol. The van der Waals surface area contributed by atoms with Gasteiger partial charge in [-0.1, -0.05) is 41.4 Å². The second kappa shape index (κ2) is 6.39. The minimum atomic E-state index is -4.44. The SMILES string of the molecule is Cc1ccc(C23CC2(C(=O)N2CCN(c4cc(Cl)ccc4C(F)(F)F)CC2)C3)cc1. The van der Waals surface area contributed by atoms with Gasteiger partial charge in [-0.2, -0.15) is 13.2 Å². The van der Waals surface area contributed by atoms with Crippen LogP contribution in [0.5, 0.6) is 0 Å². The van der Waals surface area contributed by atoms with Gasteiger partial charge in [0.2, 0.25) is 5.91 Å². The molecule has 2 aromatic carbocycles. The third kappa shape index (κ3) is 2.91. The van der Waals surface area contributed by atoms with Crippen molar-refractivity contribution in [2.45, 2.75) is 31.4 Å². The fourth-order valence-electron chi connectivity index (χ4n) is 5.06. The number of piperazine rings is 1. The van der Waals surface area contributed by atoms with Crippen LogP contribution in [0.1, 0.15) is 29.5 Å². The van der Waals surface area contributed by atoms with E-state index < -0.39 is 11.7 Å². The number of hydrogen-bond donors (Lipinski definition) is 0. The van der Waals surface area contributed by atoms with Crippen LogP contribution in [0.25, 0.3) is 0 Å². The maximum atomic E-state index is 13.4. The Balaban J connectivity index is 1.28. The van der Waals surface area contributed by atoms with Gasteiger partial charge in [0.05, 0.1) is 16.7 Å². The molecule has 0 bridgehead atoms. The minimum absolute atomic E-state index is 0.00860. The Morgan fingerprint density at radius 2 is 1.63 bits per heavy atom. The number of rotatable bonds is 3. The molecule has 2 aromatic rings. The molecule has 0 radical (unpaired) electrons. The Hall–Kier alpha value is -2.21. The molecule has 1 amide bonds. The predicted octanol–water partition coefficient (Wildman–Crippen LogP) is 5.05. The van der Waals surface area contributed by atoms with Gasteiger partial charge in [0.25, 0.3) is 0 Å². The Kier molecular flexibility index (Phi) is 4.21. The largest absolute Gasteiger partial charge is 0.418 e. The van der Waals surface area contributed by atoms with Gasteiger partial charge in [-0.15, -0.1) is 0 Å². The van der Waals surface area contributed by atoms with Crippen LogP contribution in [0.4, 0.5) is 18.9 Å². The van der Waals surface area contributed by atoms with E-state index in [1.165, 1.54) is 23.3 Å². The average Bonchev–Trinajstić information content (AvgIpc) is 3.55. The van der Waals surface area contributed by atoms with Crippen molar-refractivity contribution in [2.75, 3.05) is 31.1 Å². The summed E-state index contributed by atoms with van der Waals surface area (Å²) in [5.74, 6) is 0.157. The second-order valence-corrected chi connectivity index (χ2v) is 9.26. The summed E-state index contributed by atoms with van der Waals surface area (Å²) in [5.41, 5.74) is 1.54. The van der Waals surface area contributed by atoms with E-state index in [1.807, 2.05) is 11.8 Å². The van der Waals surface area contributed by atoms with Gasteiger partial charge in [-0.25, -0.2) is 0 Å². The predicted molar refractivity (Wildman–Crippen MR) is 110 cm³/mol. The van der Waals surface area contributed by atoms with E-state index in [0.29, 0.717) is 26.2 Å². The van der Waals surface area contributed by atoms with Crippen molar-refractivity contribution >= 4 is 23.2 Å². The number of alkyl halides is 3. The van der Waals surface area contributed by atoms with Crippen molar-refractivity contribution in [3.05, 3.63) is 64.2 Å². The first-order valence-corrected chi connectivity index (χ1v) is 10.5. The number of aryl methyl sites for hydroxylation is 1. The van der Waals surface area contributed by atoms with Crippen LogP contribution in [-0.2, 0) is 16.4 Å². The number of carbonyl (C=O) groups is 1. The van der Waals surface area contributed by atoms with Crippen molar-refractivity contribution in [3.63, 3.8) is 0 Å². The molecular formula is C23H22ClF3N2O. The highest BCUT2D eigenvalue weighted by molar-refractivity contribution is 6.30. The third-order valence-corrected chi connectivity index (χ3v) is 7.29. The molecule has 2 aliphatic carbocycles. The van der Waals surface area contributed by atoms with E-state index in [1.54, 1.807) is 4.90 Å². The van der Waals surface area contributed by atoms with Gasteiger partial charge in [0.1, 0.15) is 0 Å². The summed E-state index contributed by atoms with van der Waals surface area (Å²) < 4.78 is 40.2. The Bertz CT molecular complexity index is 1000. The molecule has 1 saturated heterocycles. The van der Waals surface area contributed by atoms with Gasteiger partial charge < -0.3 is 9.80 Å². The first-order valence-electron chi connectivity index (χ1n) is 10.1. The summed E-state index contributed by atoms with van der Waals surface area (Å²) in [5, 5.41) is 0.272. The Morgan fingerprint density at radius 1 is 1.00 bits per heavy atom. The van der Waals surface area contributed by atoms with E-state index in [9.17, 15) is 18.0 Å². The van der Waals surface area contributed by atoms with Gasteiger partial charge >= 0.3 is 6.18 Å². The summed E-state index contributed by atoms with van der Waals surface area (Å²) in [6.07, 6.45) is -2.68. The zero-order valence-corrected chi connectivity index (χ0v) is 17.4. The maximum Gasteiger partial charge on any atom is 0.418 e. The van der Waals surface area contributed by atoms with Gasteiger partial charge in [0, 0.05) is 36.6 Å². The number of benzene rings is 2. The average molecular weight is 435 g/mol. The third-order valence-electron chi connectivity index (χ3n) is 7.06. The van der Waals surface area contributed by atoms with Crippen molar-refractivity contribution < 1.29 is 18.0 Å². The first-order chi connectivity index (χ1) is 14.2. The molecule has 0 spiro atoms. The van der Waals surface area contributed by atoms with Crippen LogP contribution in [0.3, 0.4) is 0 Å². The van der Waals surface area contributed by atoms with Crippen molar-refractivity contribution in [2.24, 2.45) is 5.41 Å². The molecule has 1 aliphatic heterocycles. The summed E-state index contributed by atoms with van der Waals surface area (Å²) in [6, 6.07) is 12.1. The molecule has 0 N–H and O–H groups in total. The van der Waals surface area contributed by atoms with Crippen molar-refractivity contribution in [1.82, 2.24) is 4.90 Å². The highest BCUT2D eigenvalue weighted by atomic mass is 35.5. The van der Waals surface area contributed by atoms with Crippen LogP contribution in [0.2, 0.25) is 5.02 Å². The van der Waals surface area contributed by atoms with E-state index >= 15 is 0 Å².